The fourth-order valence-electron chi connectivity index (χ4n) is 3.47. The van der Waals surface area contributed by atoms with Crippen molar-refractivity contribution in [3.05, 3.63) is 23.0 Å². The molecule has 1 heterocycles. The molecule has 1 atom stereocenters. The molecule has 1 amide bonds. The zero-order valence-corrected chi connectivity index (χ0v) is 15.7. The maximum Gasteiger partial charge on any atom is 0.326 e. The van der Waals surface area contributed by atoms with Gasteiger partial charge >= 0.3 is 10.2 Å². The third kappa shape index (κ3) is 3.64. The van der Waals surface area contributed by atoms with Crippen LogP contribution in [0.5, 0.6) is 5.75 Å². The quantitative estimate of drug-likeness (QED) is 0.708. The van der Waals surface area contributed by atoms with Gasteiger partial charge in [-0.3, -0.25) is 4.79 Å². The smallest absolute Gasteiger partial charge is 0.326 e. The second kappa shape index (κ2) is 7.03. The number of phenolic OH excluding ortho intramolecular Hbond substituents is 1. The van der Waals surface area contributed by atoms with Crippen LogP contribution in [0.2, 0.25) is 0 Å². The number of anilines is 1. The highest BCUT2D eigenvalue weighted by molar-refractivity contribution is 7.92. The SMILES string of the molecule is CC(C)CCNC1CCc2cc(O)c(N3CC(=O)NS3(=O)=O)c(F)c2C1. The van der Waals surface area contributed by atoms with E-state index in [0.717, 1.165) is 19.4 Å². The van der Waals surface area contributed by atoms with E-state index in [9.17, 15) is 18.3 Å². The number of rotatable bonds is 5. The van der Waals surface area contributed by atoms with Crippen molar-refractivity contribution >= 4 is 21.8 Å². The van der Waals surface area contributed by atoms with E-state index in [2.05, 4.69) is 19.2 Å². The summed E-state index contributed by atoms with van der Waals surface area (Å²) in [6.07, 6.45) is 2.86. The van der Waals surface area contributed by atoms with Gasteiger partial charge in [0.2, 0.25) is 0 Å². The molecular formula is C17H24FN3O4S. The molecule has 26 heavy (non-hydrogen) atoms. The van der Waals surface area contributed by atoms with Gasteiger partial charge in [0.05, 0.1) is 0 Å². The molecule has 3 rings (SSSR count). The van der Waals surface area contributed by atoms with Crippen LogP contribution in [-0.4, -0.2) is 38.6 Å². The number of amides is 1. The lowest BCUT2D eigenvalue weighted by molar-refractivity contribution is -0.117. The number of carbonyl (C=O) groups is 1. The topological polar surface area (TPSA) is 98.7 Å². The molecule has 1 aromatic rings. The van der Waals surface area contributed by atoms with Gasteiger partial charge in [0.25, 0.3) is 5.91 Å². The van der Waals surface area contributed by atoms with E-state index in [1.54, 1.807) is 4.72 Å². The summed E-state index contributed by atoms with van der Waals surface area (Å²) in [5.41, 5.74) is 0.632. The lowest BCUT2D eigenvalue weighted by Gasteiger charge is -2.28. The Morgan fingerprint density at radius 3 is 2.81 bits per heavy atom. The highest BCUT2D eigenvalue weighted by Crippen LogP contribution is 2.39. The number of hydrogen-bond acceptors (Lipinski definition) is 5. The van der Waals surface area contributed by atoms with Gasteiger partial charge in [0.1, 0.15) is 18.0 Å². The maximum absolute atomic E-state index is 15.1. The highest BCUT2D eigenvalue weighted by atomic mass is 32.2. The highest BCUT2D eigenvalue weighted by Gasteiger charge is 2.39. The minimum absolute atomic E-state index is 0.100. The normalized spacial score (nSPS) is 21.8. The number of aromatic hydroxyl groups is 1. The summed E-state index contributed by atoms with van der Waals surface area (Å²) in [7, 11) is -4.18. The number of carbonyl (C=O) groups excluding carboxylic acids is 1. The summed E-state index contributed by atoms with van der Waals surface area (Å²) in [5, 5.41) is 13.6. The molecule has 1 aromatic carbocycles. The van der Waals surface area contributed by atoms with Gasteiger partial charge in [-0.2, -0.15) is 8.42 Å². The van der Waals surface area contributed by atoms with E-state index in [0.29, 0.717) is 34.2 Å². The number of benzene rings is 1. The van der Waals surface area contributed by atoms with E-state index in [1.165, 1.54) is 6.07 Å². The van der Waals surface area contributed by atoms with Crippen molar-refractivity contribution < 1.29 is 22.7 Å². The average Bonchev–Trinajstić information content (AvgIpc) is 2.80. The van der Waals surface area contributed by atoms with E-state index < -0.39 is 39.9 Å². The number of hydrogen-bond donors (Lipinski definition) is 3. The van der Waals surface area contributed by atoms with Gasteiger partial charge in [-0.25, -0.2) is 13.4 Å². The minimum Gasteiger partial charge on any atom is -0.506 e. The molecule has 1 aliphatic heterocycles. The Balaban J connectivity index is 1.88. The van der Waals surface area contributed by atoms with Crippen LogP contribution in [-0.2, 0) is 27.8 Å². The standard InChI is InChI=1S/C17H24FN3O4S/c1-10(2)5-6-19-12-4-3-11-7-14(22)17(16(18)13(11)8-12)21-9-15(23)20-26(21,24)25/h7,10,12,19,22H,3-6,8-9H2,1-2H3,(H,20,23). The summed E-state index contributed by atoms with van der Waals surface area (Å²) in [5.74, 6) is -1.42. The number of halogens is 1. The van der Waals surface area contributed by atoms with E-state index in [1.807, 2.05) is 0 Å². The number of fused-ring (bicyclic) bond motifs is 1. The van der Waals surface area contributed by atoms with E-state index >= 15 is 4.39 Å². The van der Waals surface area contributed by atoms with Crippen molar-refractivity contribution in [2.24, 2.45) is 5.92 Å². The molecule has 3 N–H and O–H groups in total. The largest absolute Gasteiger partial charge is 0.506 e. The predicted octanol–water partition coefficient (Wildman–Crippen LogP) is 1.21. The Hall–Kier alpha value is -1.87. The predicted molar refractivity (Wildman–Crippen MR) is 95.7 cm³/mol. The molecule has 7 nitrogen and oxygen atoms in total. The van der Waals surface area contributed by atoms with Crippen molar-refractivity contribution in [1.82, 2.24) is 10.0 Å². The molecular weight excluding hydrogens is 361 g/mol. The Kier molecular flexibility index (Phi) is 5.12. The van der Waals surface area contributed by atoms with Gasteiger partial charge in [-0.1, -0.05) is 13.8 Å². The van der Waals surface area contributed by atoms with Crippen LogP contribution < -0.4 is 14.3 Å². The summed E-state index contributed by atoms with van der Waals surface area (Å²) in [6, 6.07) is 1.51. The van der Waals surface area contributed by atoms with E-state index in [4.69, 9.17) is 0 Å². The third-order valence-electron chi connectivity index (χ3n) is 4.85. The van der Waals surface area contributed by atoms with Crippen LogP contribution in [0.1, 0.15) is 37.8 Å². The molecule has 144 valence electrons. The monoisotopic (exact) mass is 385 g/mol. The summed E-state index contributed by atoms with van der Waals surface area (Å²) < 4.78 is 41.6. The van der Waals surface area contributed by atoms with Crippen molar-refractivity contribution in [2.45, 2.75) is 45.6 Å². The molecule has 0 aromatic heterocycles. The average molecular weight is 385 g/mol. The van der Waals surface area contributed by atoms with Crippen molar-refractivity contribution in [3.63, 3.8) is 0 Å². The van der Waals surface area contributed by atoms with Gasteiger partial charge in [-0.15, -0.1) is 0 Å². The van der Waals surface area contributed by atoms with Crippen molar-refractivity contribution in [1.29, 1.82) is 0 Å². The Morgan fingerprint density at radius 2 is 2.19 bits per heavy atom. The Labute approximate surface area is 152 Å². The van der Waals surface area contributed by atoms with Gasteiger partial charge < -0.3 is 10.4 Å². The summed E-state index contributed by atoms with van der Waals surface area (Å²) >= 11 is 0. The first-order chi connectivity index (χ1) is 12.2. The Morgan fingerprint density at radius 1 is 1.46 bits per heavy atom. The number of phenols is 1. The molecule has 1 fully saturated rings. The van der Waals surface area contributed by atoms with Gasteiger partial charge in [0, 0.05) is 6.04 Å². The first-order valence-corrected chi connectivity index (χ1v) is 10.2. The lowest BCUT2D eigenvalue weighted by Crippen LogP contribution is -2.36. The molecule has 1 aliphatic carbocycles. The van der Waals surface area contributed by atoms with E-state index in [-0.39, 0.29) is 6.04 Å². The summed E-state index contributed by atoms with van der Waals surface area (Å²) in [4.78, 5) is 11.4. The number of nitrogens with zero attached hydrogens (tertiary/aromatic N) is 1. The molecule has 1 saturated heterocycles. The van der Waals surface area contributed by atoms with Crippen LogP contribution in [0.25, 0.3) is 0 Å². The molecule has 0 radical (unpaired) electrons. The fourth-order valence-corrected chi connectivity index (χ4v) is 4.64. The first-order valence-electron chi connectivity index (χ1n) is 8.79. The second-order valence-corrected chi connectivity index (χ2v) is 8.90. The van der Waals surface area contributed by atoms with Crippen LogP contribution in [0, 0.1) is 11.7 Å². The zero-order chi connectivity index (χ0) is 19.1. The number of aryl methyl sites for hydroxylation is 1. The van der Waals surface area contributed by atoms with Gasteiger partial charge in [0.15, 0.2) is 5.82 Å². The number of nitrogens with one attached hydrogen (secondary N) is 2. The molecule has 0 bridgehead atoms. The first kappa shape index (κ1) is 18.9. The second-order valence-electron chi connectivity index (χ2n) is 7.31. The molecule has 0 spiro atoms. The van der Waals surface area contributed by atoms with Crippen molar-refractivity contribution in [2.75, 3.05) is 17.4 Å². The molecule has 2 aliphatic rings. The molecule has 9 heteroatoms. The zero-order valence-electron chi connectivity index (χ0n) is 14.9. The fraction of sp³-hybridized carbons (Fsp3) is 0.588. The molecule has 0 saturated carbocycles. The lowest BCUT2D eigenvalue weighted by atomic mass is 9.87. The van der Waals surface area contributed by atoms with Gasteiger partial charge in [-0.05, 0) is 55.3 Å². The van der Waals surface area contributed by atoms with Crippen LogP contribution >= 0.6 is 0 Å². The van der Waals surface area contributed by atoms with Crippen LogP contribution in [0.3, 0.4) is 0 Å². The van der Waals surface area contributed by atoms with Crippen molar-refractivity contribution in [3.8, 4) is 5.75 Å². The maximum atomic E-state index is 15.1. The third-order valence-corrected chi connectivity index (χ3v) is 6.23. The Bertz CT molecular complexity index is 826. The van der Waals surface area contributed by atoms with Crippen LogP contribution in [0.4, 0.5) is 10.1 Å². The summed E-state index contributed by atoms with van der Waals surface area (Å²) in [6.45, 7) is 4.57. The molecule has 1 unspecified atom stereocenters. The van der Waals surface area contributed by atoms with Crippen LogP contribution in [0.15, 0.2) is 6.07 Å². The minimum atomic E-state index is -4.18.